The van der Waals surface area contributed by atoms with Crippen LogP contribution in [0.15, 0.2) is 95.4 Å². The third-order valence-electron chi connectivity index (χ3n) is 6.42. The highest BCUT2D eigenvalue weighted by atomic mass is 35.5. The minimum Gasteiger partial charge on any atom is -0.457 e. The zero-order valence-corrected chi connectivity index (χ0v) is 23.9. The van der Waals surface area contributed by atoms with Crippen LogP contribution in [0.4, 0.5) is 5.69 Å². The molecule has 41 heavy (non-hydrogen) atoms. The van der Waals surface area contributed by atoms with Crippen molar-refractivity contribution < 1.29 is 9.21 Å². The van der Waals surface area contributed by atoms with Crippen LogP contribution in [-0.4, -0.2) is 26.0 Å². The summed E-state index contributed by atoms with van der Waals surface area (Å²) in [6.07, 6.45) is 2.89. The number of anilines is 1. The van der Waals surface area contributed by atoms with Gasteiger partial charge in [-0.1, -0.05) is 59.6 Å². The lowest BCUT2D eigenvalue weighted by atomic mass is 10.1. The quantitative estimate of drug-likeness (QED) is 0.155. The number of thiocarbonyl (C=S) groups is 1. The van der Waals surface area contributed by atoms with E-state index >= 15 is 0 Å². The Hall–Kier alpha value is -4.50. The van der Waals surface area contributed by atoms with E-state index in [9.17, 15) is 4.79 Å². The van der Waals surface area contributed by atoms with Crippen molar-refractivity contribution in [3.8, 4) is 17.0 Å². The summed E-state index contributed by atoms with van der Waals surface area (Å²) in [6, 6.07) is 26.6. The third kappa shape index (κ3) is 5.71. The molecule has 0 atom stereocenters. The normalized spacial score (nSPS) is 11.4. The summed E-state index contributed by atoms with van der Waals surface area (Å²) in [5.74, 6) is 0.633. The molecule has 0 radical (unpaired) electrons. The SMILES string of the molecule is Cc1cc2nn(-c3cccc4ccccc34)nc2cc1NC(=S)NC(=O)/C=C/c1ccc(-c2ccc(Cl)cc2Cl)o1. The molecule has 10 heteroatoms. The van der Waals surface area contributed by atoms with E-state index in [0.29, 0.717) is 38.3 Å². The number of nitrogens with one attached hydrogen (secondary N) is 2. The molecule has 0 saturated heterocycles. The number of benzene rings is 4. The molecule has 4 aromatic carbocycles. The maximum Gasteiger partial charge on any atom is 0.250 e. The summed E-state index contributed by atoms with van der Waals surface area (Å²) in [5, 5.41) is 18.5. The first-order chi connectivity index (χ1) is 19.8. The number of furan rings is 1. The lowest BCUT2D eigenvalue weighted by molar-refractivity contribution is -0.115. The van der Waals surface area contributed by atoms with Crippen LogP contribution in [0.3, 0.4) is 0 Å². The summed E-state index contributed by atoms with van der Waals surface area (Å²) in [4.78, 5) is 14.2. The molecule has 6 rings (SSSR count). The second-order valence-electron chi connectivity index (χ2n) is 9.25. The van der Waals surface area contributed by atoms with Crippen LogP contribution in [-0.2, 0) is 4.79 Å². The Labute approximate surface area is 250 Å². The molecule has 0 spiro atoms. The summed E-state index contributed by atoms with van der Waals surface area (Å²) in [6.45, 7) is 1.94. The molecule has 0 unspecified atom stereocenters. The van der Waals surface area contributed by atoms with E-state index in [0.717, 1.165) is 27.5 Å². The van der Waals surface area contributed by atoms with Crippen molar-refractivity contribution in [2.75, 3.05) is 5.32 Å². The van der Waals surface area contributed by atoms with Crippen molar-refractivity contribution in [2.45, 2.75) is 6.92 Å². The Balaban J connectivity index is 1.14. The van der Waals surface area contributed by atoms with E-state index in [1.165, 1.54) is 6.08 Å². The van der Waals surface area contributed by atoms with Crippen molar-refractivity contribution in [1.82, 2.24) is 20.3 Å². The molecular formula is C31H21Cl2N5O2S. The number of carbonyl (C=O) groups excluding carboxylic acids is 1. The van der Waals surface area contributed by atoms with Crippen LogP contribution in [0.2, 0.25) is 10.0 Å². The van der Waals surface area contributed by atoms with Crippen molar-refractivity contribution in [3.63, 3.8) is 0 Å². The summed E-state index contributed by atoms with van der Waals surface area (Å²) in [5.41, 5.74) is 4.65. The molecule has 2 N–H and O–H groups in total. The lowest BCUT2D eigenvalue weighted by Crippen LogP contribution is -2.33. The van der Waals surface area contributed by atoms with Crippen LogP contribution >= 0.6 is 35.4 Å². The first-order valence-corrected chi connectivity index (χ1v) is 13.7. The topological polar surface area (TPSA) is 85.0 Å². The Morgan fingerprint density at radius 2 is 1.73 bits per heavy atom. The van der Waals surface area contributed by atoms with Crippen LogP contribution in [0.5, 0.6) is 0 Å². The van der Waals surface area contributed by atoms with Gasteiger partial charge < -0.3 is 9.73 Å². The number of halogens is 2. The molecule has 6 aromatic rings. The summed E-state index contributed by atoms with van der Waals surface area (Å²) >= 11 is 17.6. The fourth-order valence-electron chi connectivity index (χ4n) is 4.43. The van der Waals surface area contributed by atoms with E-state index < -0.39 is 5.91 Å². The second-order valence-corrected chi connectivity index (χ2v) is 10.5. The number of aromatic nitrogens is 3. The van der Waals surface area contributed by atoms with E-state index in [-0.39, 0.29) is 5.11 Å². The summed E-state index contributed by atoms with van der Waals surface area (Å²) < 4.78 is 5.80. The molecule has 0 aliphatic heterocycles. The molecule has 202 valence electrons. The van der Waals surface area contributed by atoms with Crippen molar-refractivity contribution in [3.05, 3.63) is 112 Å². The molecular weight excluding hydrogens is 577 g/mol. The monoisotopic (exact) mass is 597 g/mol. The van der Waals surface area contributed by atoms with Gasteiger partial charge in [0, 0.05) is 27.7 Å². The Bertz CT molecular complexity index is 1990. The van der Waals surface area contributed by atoms with Gasteiger partial charge in [-0.05, 0) is 84.7 Å². The predicted octanol–water partition coefficient (Wildman–Crippen LogP) is 7.98. The number of rotatable bonds is 5. The molecule has 2 heterocycles. The number of amides is 1. The van der Waals surface area contributed by atoms with Gasteiger partial charge in [0.1, 0.15) is 22.6 Å². The van der Waals surface area contributed by atoms with Gasteiger partial charge in [-0.25, -0.2) is 0 Å². The maximum atomic E-state index is 12.5. The Morgan fingerprint density at radius 1 is 0.951 bits per heavy atom. The molecule has 0 saturated carbocycles. The average molecular weight is 599 g/mol. The van der Waals surface area contributed by atoms with Gasteiger partial charge >= 0.3 is 0 Å². The number of hydrogen-bond acceptors (Lipinski definition) is 5. The Morgan fingerprint density at radius 3 is 2.56 bits per heavy atom. The van der Waals surface area contributed by atoms with Gasteiger partial charge in [-0.2, -0.15) is 0 Å². The first-order valence-electron chi connectivity index (χ1n) is 12.6. The van der Waals surface area contributed by atoms with Gasteiger partial charge in [0.15, 0.2) is 5.11 Å². The highest BCUT2D eigenvalue weighted by Gasteiger charge is 2.12. The van der Waals surface area contributed by atoms with Crippen LogP contribution in [0.25, 0.3) is 44.9 Å². The molecule has 1 amide bonds. The van der Waals surface area contributed by atoms with Gasteiger partial charge in [0.05, 0.1) is 10.7 Å². The highest BCUT2D eigenvalue weighted by molar-refractivity contribution is 7.80. The number of hydrogen-bond donors (Lipinski definition) is 2. The van der Waals surface area contributed by atoms with E-state index in [2.05, 4.69) is 27.9 Å². The number of fused-ring (bicyclic) bond motifs is 2. The predicted molar refractivity (Wildman–Crippen MR) is 169 cm³/mol. The zero-order chi connectivity index (χ0) is 28.5. The summed E-state index contributed by atoms with van der Waals surface area (Å²) in [7, 11) is 0. The Kier molecular flexibility index (Phi) is 7.28. The second kappa shape index (κ2) is 11.2. The fourth-order valence-corrected chi connectivity index (χ4v) is 5.15. The number of nitrogens with zero attached hydrogens (tertiary/aromatic N) is 3. The standard InChI is InChI=1S/C31H21Cl2N5O2S/c1-18-15-26-27(37-38(36-26)28-8-4-6-19-5-2-3-7-22(19)28)17-25(18)34-31(41)35-30(39)14-11-21-10-13-29(40-21)23-12-9-20(32)16-24(23)33/h2-17H,1H3,(H2,34,35,39,41)/b14-11+. The average Bonchev–Trinajstić information content (AvgIpc) is 3.58. The molecule has 7 nitrogen and oxygen atoms in total. The molecule has 2 aromatic heterocycles. The fraction of sp³-hybridized carbons (Fsp3) is 0.0323. The van der Waals surface area contributed by atoms with Gasteiger partial charge in [0.2, 0.25) is 5.91 Å². The minimum atomic E-state index is -0.411. The molecule has 0 bridgehead atoms. The molecule has 0 aliphatic carbocycles. The van der Waals surface area contributed by atoms with Crippen LogP contribution in [0, 0.1) is 6.92 Å². The smallest absolute Gasteiger partial charge is 0.250 e. The zero-order valence-electron chi connectivity index (χ0n) is 21.6. The van der Waals surface area contributed by atoms with E-state index in [1.807, 2.05) is 49.4 Å². The van der Waals surface area contributed by atoms with Gasteiger partial charge in [0.25, 0.3) is 0 Å². The maximum absolute atomic E-state index is 12.5. The molecule has 0 aliphatic rings. The van der Waals surface area contributed by atoms with Crippen molar-refractivity contribution >= 4 is 80.0 Å². The van der Waals surface area contributed by atoms with E-state index in [1.54, 1.807) is 41.2 Å². The van der Waals surface area contributed by atoms with Gasteiger partial charge in [-0.15, -0.1) is 15.0 Å². The number of carbonyl (C=O) groups is 1. The largest absolute Gasteiger partial charge is 0.457 e. The molecule has 0 fully saturated rings. The minimum absolute atomic E-state index is 0.150. The van der Waals surface area contributed by atoms with Crippen LogP contribution in [0.1, 0.15) is 11.3 Å². The highest BCUT2D eigenvalue weighted by Crippen LogP contribution is 2.32. The number of aryl methyl sites for hydroxylation is 1. The third-order valence-corrected chi connectivity index (χ3v) is 7.17. The van der Waals surface area contributed by atoms with Crippen LogP contribution < -0.4 is 10.6 Å². The van der Waals surface area contributed by atoms with Crippen molar-refractivity contribution in [1.29, 1.82) is 0 Å². The van der Waals surface area contributed by atoms with Gasteiger partial charge in [-0.3, -0.25) is 10.1 Å². The van der Waals surface area contributed by atoms with Crippen molar-refractivity contribution in [2.24, 2.45) is 0 Å². The first kappa shape index (κ1) is 26.7. The van der Waals surface area contributed by atoms with E-state index in [4.69, 9.17) is 44.9 Å². The lowest BCUT2D eigenvalue weighted by Gasteiger charge is -2.10.